The Hall–Kier alpha value is -2.27. The summed E-state index contributed by atoms with van der Waals surface area (Å²) in [5, 5.41) is 0. The first kappa shape index (κ1) is 20.0. The number of carbonyl (C=O) groups is 2. The van der Waals surface area contributed by atoms with Crippen LogP contribution >= 0.6 is 11.8 Å². The standard InChI is InChI=1S/C21H24O4S/c1-3-24-19-10-7-16(8-11-19)17-9-12-20(18(14-17)15-22)26-13-5-6-21(23)25-4-2/h7-12,14-15H,3-6,13H2,1-2H3. The highest BCUT2D eigenvalue weighted by Gasteiger charge is 2.07. The minimum Gasteiger partial charge on any atom is -0.494 e. The van der Waals surface area contributed by atoms with Crippen molar-refractivity contribution >= 4 is 24.0 Å². The third-order valence-corrected chi connectivity index (χ3v) is 4.90. The van der Waals surface area contributed by atoms with Crippen molar-refractivity contribution in [2.24, 2.45) is 0 Å². The predicted octanol–water partition coefficient (Wildman–Crippen LogP) is 5.00. The maximum Gasteiger partial charge on any atom is 0.305 e. The molecule has 26 heavy (non-hydrogen) atoms. The normalized spacial score (nSPS) is 10.4. The van der Waals surface area contributed by atoms with Gasteiger partial charge < -0.3 is 9.47 Å². The molecule has 0 aliphatic carbocycles. The fourth-order valence-corrected chi connectivity index (χ4v) is 3.44. The number of thioether (sulfide) groups is 1. The van der Waals surface area contributed by atoms with Crippen molar-refractivity contribution in [3.05, 3.63) is 48.0 Å². The van der Waals surface area contributed by atoms with Crippen molar-refractivity contribution in [1.82, 2.24) is 0 Å². The zero-order valence-electron chi connectivity index (χ0n) is 15.2. The zero-order valence-corrected chi connectivity index (χ0v) is 16.0. The molecule has 0 spiro atoms. The minimum atomic E-state index is -0.172. The minimum absolute atomic E-state index is 0.172. The largest absolute Gasteiger partial charge is 0.494 e. The van der Waals surface area contributed by atoms with Crippen molar-refractivity contribution in [2.45, 2.75) is 31.6 Å². The van der Waals surface area contributed by atoms with Gasteiger partial charge in [-0.1, -0.05) is 18.2 Å². The second-order valence-electron chi connectivity index (χ2n) is 5.58. The molecule has 2 aromatic rings. The van der Waals surface area contributed by atoms with Gasteiger partial charge >= 0.3 is 5.97 Å². The monoisotopic (exact) mass is 372 g/mol. The van der Waals surface area contributed by atoms with Crippen molar-refractivity contribution in [1.29, 1.82) is 0 Å². The lowest BCUT2D eigenvalue weighted by Gasteiger charge is -2.09. The molecule has 2 aromatic carbocycles. The van der Waals surface area contributed by atoms with Crippen LogP contribution in [0, 0.1) is 0 Å². The van der Waals surface area contributed by atoms with E-state index in [0.29, 0.717) is 25.2 Å². The van der Waals surface area contributed by atoms with Gasteiger partial charge in [-0.25, -0.2) is 0 Å². The van der Waals surface area contributed by atoms with Gasteiger partial charge in [-0.15, -0.1) is 11.8 Å². The summed E-state index contributed by atoms with van der Waals surface area (Å²) in [5.41, 5.74) is 2.69. The number of carbonyl (C=O) groups excluding carboxylic acids is 2. The first-order chi connectivity index (χ1) is 12.7. The molecular formula is C21H24O4S. The maximum absolute atomic E-state index is 11.5. The van der Waals surface area contributed by atoms with Gasteiger partial charge in [0.05, 0.1) is 13.2 Å². The summed E-state index contributed by atoms with van der Waals surface area (Å²) < 4.78 is 10.4. The van der Waals surface area contributed by atoms with Crippen LogP contribution in [-0.4, -0.2) is 31.2 Å². The number of esters is 1. The van der Waals surface area contributed by atoms with Crippen LogP contribution in [0.1, 0.15) is 37.0 Å². The van der Waals surface area contributed by atoms with Crippen molar-refractivity contribution in [3.8, 4) is 16.9 Å². The number of rotatable bonds is 10. The van der Waals surface area contributed by atoms with Crippen LogP contribution < -0.4 is 4.74 Å². The van der Waals surface area contributed by atoms with E-state index in [-0.39, 0.29) is 5.97 Å². The highest BCUT2D eigenvalue weighted by Crippen LogP contribution is 2.29. The van der Waals surface area contributed by atoms with Gasteiger partial charge in [-0.05, 0) is 61.4 Å². The molecule has 0 saturated heterocycles. The molecule has 0 aliphatic heterocycles. The summed E-state index contributed by atoms with van der Waals surface area (Å²) in [6.07, 6.45) is 2.01. The number of aldehydes is 1. The van der Waals surface area contributed by atoms with Crippen LogP contribution in [0.4, 0.5) is 0 Å². The third kappa shape index (κ3) is 5.92. The van der Waals surface area contributed by atoms with E-state index in [0.717, 1.165) is 40.2 Å². The molecule has 0 atom stereocenters. The molecule has 0 aromatic heterocycles. The topological polar surface area (TPSA) is 52.6 Å². The number of benzene rings is 2. The van der Waals surface area contributed by atoms with E-state index in [2.05, 4.69) is 0 Å². The van der Waals surface area contributed by atoms with E-state index in [1.807, 2.05) is 49.4 Å². The highest BCUT2D eigenvalue weighted by atomic mass is 32.2. The molecule has 0 N–H and O–H groups in total. The smallest absolute Gasteiger partial charge is 0.305 e. The van der Waals surface area contributed by atoms with Gasteiger partial charge in [-0.2, -0.15) is 0 Å². The van der Waals surface area contributed by atoms with E-state index >= 15 is 0 Å². The summed E-state index contributed by atoms with van der Waals surface area (Å²) in [7, 11) is 0. The Kier molecular flexibility index (Phi) is 8.22. The summed E-state index contributed by atoms with van der Waals surface area (Å²) in [4.78, 5) is 23.7. The highest BCUT2D eigenvalue weighted by molar-refractivity contribution is 7.99. The molecule has 4 nitrogen and oxygen atoms in total. The van der Waals surface area contributed by atoms with Gasteiger partial charge in [0, 0.05) is 16.9 Å². The van der Waals surface area contributed by atoms with E-state index in [4.69, 9.17) is 9.47 Å². The van der Waals surface area contributed by atoms with Crippen LogP contribution in [0.15, 0.2) is 47.4 Å². The van der Waals surface area contributed by atoms with E-state index in [1.54, 1.807) is 18.7 Å². The first-order valence-electron chi connectivity index (χ1n) is 8.78. The number of hydrogen-bond acceptors (Lipinski definition) is 5. The Morgan fingerprint density at radius 3 is 2.42 bits per heavy atom. The van der Waals surface area contributed by atoms with Gasteiger partial charge in [0.2, 0.25) is 0 Å². The van der Waals surface area contributed by atoms with Gasteiger partial charge in [0.25, 0.3) is 0 Å². The van der Waals surface area contributed by atoms with Crippen LogP contribution in [0.5, 0.6) is 5.75 Å². The Bertz CT molecular complexity index is 725. The summed E-state index contributed by atoms with van der Waals surface area (Å²) >= 11 is 1.59. The van der Waals surface area contributed by atoms with Crippen LogP contribution in [-0.2, 0) is 9.53 Å². The molecule has 0 bridgehead atoms. The lowest BCUT2D eigenvalue weighted by atomic mass is 10.0. The lowest BCUT2D eigenvalue weighted by molar-refractivity contribution is -0.143. The van der Waals surface area contributed by atoms with Crippen LogP contribution in [0.2, 0.25) is 0 Å². The molecule has 0 aliphatic rings. The molecule has 2 rings (SSSR count). The van der Waals surface area contributed by atoms with Gasteiger partial charge in [0.1, 0.15) is 5.75 Å². The summed E-state index contributed by atoms with van der Waals surface area (Å²) in [6, 6.07) is 13.7. The average Bonchev–Trinajstić information content (AvgIpc) is 2.66. The summed E-state index contributed by atoms with van der Waals surface area (Å²) in [6.45, 7) is 4.80. The van der Waals surface area contributed by atoms with Crippen molar-refractivity contribution in [3.63, 3.8) is 0 Å². The molecule has 0 radical (unpaired) electrons. The Morgan fingerprint density at radius 2 is 1.77 bits per heavy atom. The molecule has 0 unspecified atom stereocenters. The zero-order chi connectivity index (χ0) is 18.8. The first-order valence-corrected chi connectivity index (χ1v) is 9.77. The number of ether oxygens (including phenoxy) is 2. The Balaban J connectivity index is 2.00. The van der Waals surface area contributed by atoms with E-state index in [9.17, 15) is 9.59 Å². The lowest BCUT2D eigenvalue weighted by Crippen LogP contribution is -2.03. The second kappa shape index (κ2) is 10.7. The third-order valence-electron chi connectivity index (χ3n) is 3.72. The fourth-order valence-electron chi connectivity index (χ4n) is 2.49. The Labute approximate surface area is 158 Å². The SMILES string of the molecule is CCOC(=O)CCCSc1ccc(-c2ccc(OCC)cc2)cc1C=O. The molecule has 5 heteroatoms. The van der Waals surface area contributed by atoms with Gasteiger partial charge in [-0.3, -0.25) is 9.59 Å². The fraction of sp³-hybridized carbons (Fsp3) is 0.333. The van der Waals surface area contributed by atoms with Crippen LogP contribution in [0.3, 0.4) is 0 Å². The van der Waals surface area contributed by atoms with E-state index < -0.39 is 0 Å². The summed E-state index contributed by atoms with van der Waals surface area (Å²) in [5.74, 6) is 1.43. The van der Waals surface area contributed by atoms with E-state index in [1.165, 1.54) is 0 Å². The maximum atomic E-state index is 11.5. The van der Waals surface area contributed by atoms with Crippen molar-refractivity contribution in [2.75, 3.05) is 19.0 Å². The number of hydrogen-bond donors (Lipinski definition) is 0. The van der Waals surface area contributed by atoms with Gasteiger partial charge in [0.15, 0.2) is 6.29 Å². The Morgan fingerprint density at radius 1 is 1.04 bits per heavy atom. The average molecular weight is 372 g/mol. The molecule has 0 fully saturated rings. The van der Waals surface area contributed by atoms with Crippen LogP contribution in [0.25, 0.3) is 11.1 Å². The predicted molar refractivity (Wildman–Crippen MR) is 105 cm³/mol. The quantitative estimate of drug-likeness (QED) is 0.254. The second-order valence-corrected chi connectivity index (χ2v) is 6.72. The molecule has 0 saturated carbocycles. The van der Waals surface area contributed by atoms with Crippen molar-refractivity contribution < 1.29 is 19.1 Å². The molecular weight excluding hydrogens is 348 g/mol. The molecule has 0 amide bonds. The molecule has 0 heterocycles. The molecule has 138 valence electrons.